The molecule has 1 aliphatic heterocycles. The minimum atomic E-state index is -3.65. The highest BCUT2D eigenvalue weighted by Crippen LogP contribution is 2.42. The van der Waals surface area contributed by atoms with Gasteiger partial charge in [0.15, 0.2) is 9.92 Å². The number of hydrogen-bond donors (Lipinski definition) is 2. The maximum absolute atomic E-state index is 14.8. The van der Waals surface area contributed by atoms with Crippen LogP contribution in [-0.4, -0.2) is 31.8 Å². The Kier molecular flexibility index (Phi) is 4.43. The van der Waals surface area contributed by atoms with E-state index in [1.54, 1.807) is 0 Å². The number of carbonyl (C=O) groups is 1. The molecule has 5 rings (SSSR count). The molecule has 8 nitrogen and oxygen atoms in total. The molecule has 2 aliphatic carbocycles. The van der Waals surface area contributed by atoms with E-state index >= 15 is 0 Å². The highest BCUT2D eigenvalue weighted by atomic mass is 32.2. The number of rotatable bonds is 2. The first-order chi connectivity index (χ1) is 14.6. The van der Waals surface area contributed by atoms with Crippen LogP contribution in [0.1, 0.15) is 42.5 Å². The quantitative estimate of drug-likeness (QED) is 0.731. The Balaban J connectivity index is 1.50. The number of carbonyl (C=O) groups excluding carboxylic acids is 1. The molecule has 1 aromatic heterocycles. The van der Waals surface area contributed by atoms with Crippen LogP contribution < -0.4 is 15.2 Å². The lowest BCUT2D eigenvalue weighted by molar-refractivity contribution is 0.132. The van der Waals surface area contributed by atoms with Crippen LogP contribution in [0.4, 0.5) is 19.3 Å². The standard InChI is InChI=1S/C20H23F2N5O3S/c1-20(2)9-27-18(30-20)15(8-24-27)31(23,29)26-19(28)25-17-12-5-3-4-11(12)16(22)13-6-10(21)7-14(13)17/h8,10H,3-7,9H2,1-2H3,(H3,23,25,26,28,29)/t10-,31+/m0/s1. The topological polar surface area (TPSA) is 112 Å². The van der Waals surface area contributed by atoms with Crippen LogP contribution in [0.5, 0.6) is 5.88 Å². The molecule has 11 heteroatoms. The molecule has 2 amide bonds. The average molecular weight is 451 g/mol. The average Bonchev–Trinajstić information content (AvgIpc) is 3.40. The maximum atomic E-state index is 14.8. The minimum absolute atomic E-state index is 0.0161. The number of anilines is 1. The fourth-order valence-electron chi connectivity index (χ4n) is 4.74. The number of alkyl halides is 1. The van der Waals surface area contributed by atoms with Crippen molar-refractivity contribution in [3.05, 3.63) is 34.3 Å². The van der Waals surface area contributed by atoms with E-state index in [0.717, 1.165) is 6.42 Å². The number of amides is 2. The number of nitrogens with one attached hydrogen (secondary N) is 1. The highest BCUT2D eigenvalue weighted by Gasteiger charge is 2.36. The molecule has 0 saturated carbocycles. The highest BCUT2D eigenvalue weighted by molar-refractivity contribution is 7.91. The summed E-state index contributed by atoms with van der Waals surface area (Å²) in [5.74, 6) is -0.145. The lowest BCUT2D eigenvalue weighted by Crippen LogP contribution is -2.27. The van der Waals surface area contributed by atoms with E-state index in [1.807, 2.05) is 13.8 Å². The van der Waals surface area contributed by atoms with Crippen LogP contribution in [0.3, 0.4) is 0 Å². The Morgan fingerprint density at radius 1 is 1.32 bits per heavy atom. The fraction of sp³-hybridized carbons (Fsp3) is 0.500. The van der Waals surface area contributed by atoms with Gasteiger partial charge < -0.3 is 10.1 Å². The Labute approximate surface area is 178 Å². The zero-order chi connectivity index (χ0) is 22.1. The molecule has 166 valence electrons. The number of ether oxygens (including phenoxy) is 1. The number of nitrogens with zero attached hydrogens (tertiary/aromatic N) is 3. The lowest BCUT2D eigenvalue weighted by Gasteiger charge is -2.17. The number of hydrogen-bond acceptors (Lipinski definition) is 4. The summed E-state index contributed by atoms with van der Waals surface area (Å²) in [7, 11) is -3.65. The molecule has 2 aromatic rings. The molecule has 1 aromatic carbocycles. The third-order valence-electron chi connectivity index (χ3n) is 6.00. The summed E-state index contributed by atoms with van der Waals surface area (Å²) in [6.45, 7) is 4.14. The maximum Gasteiger partial charge on any atom is 0.354 e. The van der Waals surface area contributed by atoms with Crippen molar-refractivity contribution >= 4 is 21.6 Å². The van der Waals surface area contributed by atoms with E-state index in [2.05, 4.69) is 14.8 Å². The second kappa shape index (κ2) is 6.73. The third-order valence-corrected chi connectivity index (χ3v) is 7.34. The Morgan fingerprint density at radius 3 is 2.81 bits per heavy atom. The number of nitrogens with two attached hydrogens (primary N) is 1. The second-order valence-electron chi connectivity index (χ2n) is 8.89. The van der Waals surface area contributed by atoms with Crippen molar-refractivity contribution < 1.29 is 22.5 Å². The van der Waals surface area contributed by atoms with Crippen LogP contribution in [0.25, 0.3) is 0 Å². The van der Waals surface area contributed by atoms with E-state index in [1.165, 1.54) is 10.9 Å². The summed E-state index contributed by atoms with van der Waals surface area (Å²) in [6, 6.07) is -0.935. The summed E-state index contributed by atoms with van der Waals surface area (Å²) in [5.41, 5.74) is 1.77. The van der Waals surface area contributed by atoms with Crippen LogP contribution >= 0.6 is 0 Å². The number of urea groups is 1. The van der Waals surface area contributed by atoms with Crippen LogP contribution in [-0.2, 0) is 42.1 Å². The van der Waals surface area contributed by atoms with E-state index in [9.17, 15) is 17.8 Å². The molecule has 3 N–H and O–H groups in total. The molecule has 3 aliphatic rings. The van der Waals surface area contributed by atoms with Gasteiger partial charge in [-0.2, -0.15) is 5.10 Å². The second-order valence-corrected chi connectivity index (χ2v) is 10.6. The van der Waals surface area contributed by atoms with Crippen molar-refractivity contribution in [2.24, 2.45) is 9.50 Å². The molecular weight excluding hydrogens is 428 g/mol. The lowest BCUT2D eigenvalue weighted by atomic mass is 9.98. The summed E-state index contributed by atoms with van der Waals surface area (Å²) < 4.78 is 53.0. The van der Waals surface area contributed by atoms with Gasteiger partial charge in [-0.15, -0.1) is 4.36 Å². The van der Waals surface area contributed by atoms with E-state index < -0.39 is 27.7 Å². The molecular formula is C20H23F2N5O3S. The van der Waals surface area contributed by atoms with Crippen molar-refractivity contribution in [3.8, 4) is 5.88 Å². The predicted octanol–water partition coefficient (Wildman–Crippen LogP) is 3.05. The molecule has 0 fully saturated rings. The van der Waals surface area contributed by atoms with Gasteiger partial charge in [-0.05, 0) is 55.4 Å². The largest absolute Gasteiger partial charge is 0.469 e. The fourth-order valence-corrected chi connectivity index (χ4v) is 5.73. The molecule has 0 saturated heterocycles. The van der Waals surface area contributed by atoms with Gasteiger partial charge in [-0.1, -0.05) is 0 Å². The summed E-state index contributed by atoms with van der Waals surface area (Å²) in [4.78, 5) is 12.8. The van der Waals surface area contributed by atoms with Gasteiger partial charge in [0.05, 0.1) is 12.7 Å². The van der Waals surface area contributed by atoms with Gasteiger partial charge in [-0.25, -0.2) is 27.6 Å². The zero-order valence-corrected chi connectivity index (χ0v) is 18.0. The molecule has 0 unspecified atom stereocenters. The molecule has 31 heavy (non-hydrogen) atoms. The number of fused-ring (bicyclic) bond motifs is 3. The molecule has 0 radical (unpaired) electrons. The van der Waals surface area contributed by atoms with E-state index in [4.69, 9.17) is 9.88 Å². The van der Waals surface area contributed by atoms with Crippen molar-refractivity contribution in [3.63, 3.8) is 0 Å². The van der Waals surface area contributed by atoms with Crippen molar-refractivity contribution in [2.45, 2.75) is 69.2 Å². The van der Waals surface area contributed by atoms with Gasteiger partial charge >= 0.3 is 6.03 Å². The van der Waals surface area contributed by atoms with E-state index in [0.29, 0.717) is 47.3 Å². The molecule has 2 heterocycles. The first-order valence-electron chi connectivity index (χ1n) is 10.2. The van der Waals surface area contributed by atoms with Gasteiger partial charge in [0.25, 0.3) is 0 Å². The third kappa shape index (κ3) is 3.30. The van der Waals surface area contributed by atoms with Crippen LogP contribution in [0, 0.1) is 5.82 Å². The van der Waals surface area contributed by atoms with Gasteiger partial charge in [-0.3, -0.25) is 0 Å². The van der Waals surface area contributed by atoms with Crippen LogP contribution in [0.15, 0.2) is 15.5 Å². The normalized spacial score (nSPS) is 22.3. The van der Waals surface area contributed by atoms with Gasteiger partial charge in [0, 0.05) is 18.5 Å². The molecule has 0 spiro atoms. The van der Waals surface area contributed by atoms with Crippen LogP contribution in [0.2, 0.25) is 0 Å². The molecule has 0 bridgehead atoms. The number of halogens is 2. The predicted molar refractivity (Wildman–Crippen MR) is 110 cm³/mol. The van der Waals surface area contributed by atoms with Crippen molar-refractivity contribution in [1.82, 2.24) is 9.78 Å². The first-order valence-corrected chi connectivity index (χ1v) is 11.7. The Hall–Kier alpha value is -2.53. The Morgan fingerprint density at radius 2 is 2.03 bits per heavy atom. The summed E-state index contributed by atoms with van der Waals surface area (Å²) >= 11 is 0. The van der Waals surface area contributed by atoms with Crippen molar-refractivity contribution in [1.29, 1.82) is 0 Å². The monoisotopic (exact) mass is 451 g/mol. The smallest absolute Gasteiger partial charge is 0.354 e. The number of aromatic nitrogens is 2. The summed E-state index contributed by atoms with van der Waals surface area (Å²) in [5, 5.41) is 12.7. The first kappa shape index (κ1) is 20.4. The van der Waals surface area contributed by atoms with Gasteiger partial charge in [0.2, 0.25) is 5.88 Å². The van der Waals surface area contributed by atoms with Gasteiger partial charge in [0.1, 0.15) is 22.5 Å². The zero-order valence-electron chi connectivity index (χ0n) is 17.2. The minimum Gasteiger partial charge on any atom is -0.469 e. The van der Waals surface area contributed by atoms with E-state index in [-0.39, 0.29) is 29.4 Å². The number of benzene rings is 1. The summed E-state index contributed by atoms with van der Waals surface area (Å²) in [6.07, 6.45) is 1.94. The Bertz CT molecular complexity index is 1250. The SMILES string of the molecule is CC1(C)Cn2ncc([S@](N)(=O)=NC(=O)Nc3c4c(c(F)c5c3C[C@@H](F)C5)CCC4)c2O1. The van der Waals surface area contributed by atoms with Crippen molar-refractivity contribution in [2.75, 3.05) is 5.32 Å². The molecule has 2 atom stereocenters.